The topological polar surface area (TPSA) is 67.6 Å². The molecule has 18 heavy (non-hydrogen) atoms. The van der Waals surface area contributed by atoms with Crippen molar-refractivity contribution in [2.45, 2.75) is 10.1 Å². The number of nitrogens with zero attached hydrogens (tertiary/aromatic N) is 2. The van der Waals surface area contributed by atoms with E-state index in [9.17, 15) is 0 Å². The summed E-state index contributed by atoms with van der Waals surface area (Å²) in [6.07, 6.45) is 5.30. The Morgan fingerprint density at radius 2 is 2.17 bits per heavy atom. The highest BCUT2D eigenvalue weighted by atomic mass is 79.9. The fraction of sp³-hybridized carbons (Fsp3) is 0. The largest absolute Gasteiger partial charge is 0.398 e. The minimum atomic E-state index is 0.725. The molecule has 0 amide bonds. The molecule has 1 aromatic carbocycles. The standard InChI is InChI=1S/C12H9BrN4S/c13-7-5-8-9(14)1-2-10(11(8)17-6-7)18-12-15-3-4-16-12/h1-6H,14H2,(H,15,16). The summed E-state index contributed by atoms with van der Waals surface area (Å²) in [6.45, 7) is 0. The van der Waals surface area contributed by atoms with Gasteiger partial charge in [-0.15, -0.1) is 0 Å². The van der Waals surface area contributed by atoms with Crippen LogP contribution in [0.4, 0.5) is 5.69 Å². The highest BCUT2D eigenvalue weighted by molar-refractivity contribution is 9.10. The molecule has 0 aliphatic heterocycles. The molecular weight excluding hydrogens is 312 g/mol. The summed E-state index contributed by atoms with van der Waals surface area (Å²) in [5.41, 5.74) is 7.59. The molecule has 0 atom stereocenters. The summed E-state index contributed by atoms with van der Waals surface area (Å²) >= 11 is 4.95. The maximum Gasteiger partial charge on any atom is 0.170 e. The number of pyridine rings is 1. The predicted octanol–water partition coefficient (Wildman–Crippen LogP) is 3.45. The molecule has 4 nitrogen and oxygen atoms in total. The van der Waals surface area contributed by atoms with Crippen molar-refractivity contribution in [2.75, 3.05) is 5.73 Å². The average Bonchev–Trinajstić information content (AvgIpc) is 2.86. The van der Waals surface area contributed by atoms with Crippen LogP contribution in [0.5, 0.6) is 0 Å². The van der Waals surface area contributed by atoms with Crippen LogP contribution in [-0.2, 0) is 0 Å². The fourth-order valence-electron chi connectivity index (χ4n) is 1.68. The lowest BCUT2D eigenvalue weighted by Gasteiger charge is -2.06. The van der Waals surface area contributed by atoms with Crippen molar-refractivity contribution >= 4 is 44.3 Å². The van der Waals surface area contributed by atoms with Crippen LogP contribution < -0.4 is 5.73 Å². The van der Waals surface area contributed by atoms with Gasteiger partial charge in [0, 0.05) is 39.0 Å². The first kappa shape index (κ1) is 11.6. The first-order valence-electron chi connectivity index (χ1n) is 5.25. The van der Waals surface area contributed by atoms with E-state index in [4.69, 9.17) is 5.73 Å². The van der Waals surface area contributed by atoms with Crippen LogP contribution in [-0.4, -0.2) is 15.0 Å². The summed E-state index contributed by atoms with van der Waals surface area (Å²) in [5, 5.41) is 1.78. The van der Waals surface area contributed by atoms with E-state index in [1.54, 1.807) is 18.6 Å². The molecule has 0 radical (unpaired) electrons. The van der Waals surface area contributed by atoms with E-state index in [2.05, 4.69) is 30.9 Å². The summed E-state index contributed by atoms with van der Waals surface area (Å²) in [4.78, 5) is 12.7. The second kappa shape index (κ2) is 4.62. The lowest BCUT2D eigenvalue weighted by molar-refractivity contribution is 1.06. The lowest BCUT2D eigenvalue weighted by atomic mass is 10.2. The molecule has 0 spiro atoms. The van der Waals surface area contributed by atoms with E-state index in [1.165, 1.54) is 11.8 Å². The van der Waals surface area contributed by atoms with Crippen molar-refractivity contribution in [1.29, 1.82) is 0 Å². The number of nitrogens with two attached hydrogens (primary N) is 1. The van der Waals surface area contributed by atoms with Gasteiger partial charge in [-0.25, -0.2) is 4.98 Å². The zero-order valence-electron chi connectivity index (χ0n) is 9.22. The van der Waals surface area contributed by atoms with Crippen molar-refractivity contribution in [3.63, 3.8) is 0 Å². The monoisotopic (exact) mass is 320 g/mol. The normalized spacial score (nSPS) is 10.9. The SMILES string of the molecule is Nc1ccc(Sc2ncc[nH]2)c2ncc(Br)cc12. The Hall–Kier alpha value is -1.53. The van der Waals surface area contributed by atoms with E-state index in [0.717, 1.165) is 31.1 Å². The molecule has 0 aliphatic rings. The van der Waals surface area contributed by atoms with Crippen molar-refractivity contribution in [2.24, 2.45) is 0 Å². The third-order valence-corrected chi connectivity index (χ3v) is 3.89. The summed E-state index contributed by atoms with van der Waals surface area (Å²) in [6, 6.07) is 5.83. The Morgan fingerprint density at radius 3 is 2.94 bits per heavy atom. The quantitative estimate of drug-likeness (QED) is 0.709. The van der Waals surface area contributed by atoms with Crippen LogP contribution in [0.2, 0.25) is 0 Å². The van der Waals surface area contributed by atoms with Gasteiger partial charge in [0.1, 0.15) is 0 Å². The van der Waals surface area contributed by atoms with Gasteiger partial charge < -0.3 is 10.7 Å². The van der Waals surface area contributed by atoms with Gasteiger partial charge >= 0.3 is 0 Å². The van der Waals surface area contributed by atoms with E-state index < -0.39 is 0 Å². The Labute approximate surface area is 116 Å². The number of nitrogen functional groups attached to an aromatic ring is 1. The Bertz CT molecular complexity index is 697. The minimum absolute atomic E-state index is 0.725. The van der Waals surface area contributed by atoms with Gasteiger partial charge in [0.15, 0.2) is 5.16 Å². The number of halogens is 1. The molecule has 0 aliphatic carbocycles. The van der Waals surface area contributed by atoms with Crippen LogP contribution in [0.25, 0.3) is 10.9 Å². The molecule has 3 N–H and O–H groups in total. The van der Waals surface area contributed by atoms with Crippen LogP contribution in [0.3, 0.4) is 0 Å². The first-order chi connectivity index (χ1) is 8.74. The predicted molar refractivity (Wildman–Crippen MR) is 76.6 cm³/mol. The molecule has 3 aromatic rings. The van der Waals surface area contributed by atoms with Crippen molar-refractivity contribution in [1.82, 2.24) is 15.0 Å². The van der Waals surface area contributed by atoms with Gasteiger partial charge in [-0.05, 0) is 45.9 Å². The van der Waals surface area contributed by atoms with Gasteiger partial charge in [-0.3, -0.25) is 4.98 Å². The van der Waals surface area contributed by atoms with Crippen molar-refractivity contribution in [3.05, 3.63) is 41.3 Å². The summed E-state index contributed by atoms with van der Waals surface area (Å²) in [5.74, 6) is 0. The minimum Gasteiger partial charge on any atom is -0.398 e. The number of aromatic nitrogens is 3. The third-order valence-electron chi connectivity index (χ3n) is 2.49. The molecule has 6 heteroatoms. The van der Waals surface area contributed by atoms with Crippen LogP contribution >= 0.6 is 27.7 Å². The van der Waals surface area contributed by atoms with E-state index >= 15 is 0 Å². The number of rotatable bonds is 2. The highest BCUT2D eigenvalue weighted by Gasteiger charge is 2.08. The smallest absolute Gasteiger partial charge is 0.170 e. The Kier molecular flexibility index (Phi) is 2.97. The maximum absolute atomic E-state index is 5.97. The van der Waals surface area contributed by atoms with E-state index in [0.29, 0.717) is 0 Å². The van der Waals surface area contributed by atoms with Gasteiger partial charge in [0.2, 0.25) is 0 Å². The number of fused-ring (bicyclic) bond motifs is 1. The maximum atomic E-state index is 5.97. The van der Waals surface area contributed by atoms with Crippen LogP contribution in [0.15, 0.2) is 51.3 Å². The molecule has 0 saturated carbocycles. The van der Waals surface area contributed by atoms with Crippen molar-refractivity contribution < 1.29 is 0 Å². The zero-order valence-corrected chi connectivity index (χ0v) is 11.6. The molecule has 0 saturated heterocycles. The van der Waals surface area contributed by atoms with Gasteiger partial charge in [-0.1, -0.05) is 0 Å². The second-order valence-electron chi connectivity index (χ2n) is 3.70. The second-order valence-corrected chi connectivity index (χ2v) is 5.65. The number of aromatic amines is 1. The molecule has 0 unspecified atom stereocenters. The first-order valence-corrected chi connectivity index (χ1v) is 6.86. The van der Waals surface area contributed by atoms with Crippen molar-refractivity contribution in [3.8, 4) is 0 Å². The number of benzene rings is 1. The zero-order chi connectivity index (χ0) is 12.5. The molecule has 2 aromatic heterocycles. The van der Waals surface area contributed by atoms with Gasteiger partial charge in [-0.2, -0.15) is 0 Å². The molecule has 0 fully saturated rings. The van der Waals surface area contributed by atoms with E-state index in [-0.39, 0.29) is 0 Å². The number of hydrogen-bond acceptors (Lipinski definition) is 4. The number of nitrogens with one attached hydrogen (secondary N) is 1. The Balaban J connectivity index is 2.15. The van der Waals surface area contributed by atoms with Gasteiger partial charge in [0.05, 0.1) is 5.52 Å². The molecule has 2 heterocycles. The highest BCUT2D eigenvalue weighted by Crippen LogP contribution is 2.34. The van der Waals surface area contributed by atoms with Crippen LogP contribution in [0, 0.1) is 0 Å². The number of anilines is 1. The number of H-pyrrole nitrogens is 1. The Morgan fingerprint density at radius 1 is 1.28 bits per heavy atom. The third kappa shape index (κ3) is 2.09. The average molecular weight is 321 g/mol. The molecule has 3 rings (SSSR count). The van der Waals surface area contributed by atoms with E-state index in [1.807, 2.05) is 18.2 Å². The summed E-state index contributed by atoms with van der Waals surface area (Å²) in [7, 11) is 0. The summed E-state index contributed by atoms with van der Waals surface area (Å²) < 4.78 is 0.918. The molecular formula is C12H9BrN4S. The number of hydrogen-bond donors (Lipinski definition) is 2. The molecule has 0 bridgehead atoms. The fourth-order valence-corrected chi connectivity index (χ4v) is 2.86. The molecule has 90 valence electrons. The van der Waals surface area contributed by atoms with Gasteiger partial charge in [0.25, 0.3) is 0 Å². The number of imidazole rings is 1. The lowest BCUT2D eigenvalue weighted by Crippen LogP contribution is -1.91. The van der Waals surface area contributed by atoms with Crippen LogP contribution in [0.1, 0.15) is 0 Å².